The summed E-state index contributed by atoms with van der Waals surface area (Å²) in [4.78, 5) is 10.9. The van der Waals surface area contributed by atoms with Crippen LogP contribution in [0.1, 0.15) is 69.9 Å². The predicted octanol–water partition coefficient (Wildman–Crippen LogP) is 3.97. The maximum absolute atomic E-state index is 10.9. The Labute approximate surface area is 174 Å². The summed E-state index contributed by atoms with van der Waals surface area (Å²) in [7, 11) is 0. The molecular weight excluding hydrogens is 368 g/mol. The quantitative estimate of drug-likeness (QED) is 0.514. The molecule has 5 atom stereocenters. The number of aliphatic hydroxyl groups is 2. The van der Waals surface area contributed by atoms with Crippen molar-refractivity contribution in [3.63, 3.8) is 0 Å². The summed E-state index contributed by atoms with van der Waals surface area (Å²) in [6.07, 6.45) is 7.67. The van der Waals surface area contributed by atoms with Crippen molar-refractivity contribution in [1.29, 1.82) is 0 Å². The summed E-state index contributed by atoms with van der Waals surface area (Å²) in [5.74, 6) is 0.222. The molecule has 1 saturated carbocycles. The highest BCUT2D eigenvalue weighted by atomic mass is 16.5. The van der Waals surface area contributed by atoms with Crippen molar-refractivity contribution < 1.29 is 24.9 Å². The van der Waals surface area contributed by atoms with Gasteiger partial charge in [0.25, 0.3) is 0 Å². The molecule has 0 radical (unpaired) electrons. The van der Waals surface area contributed by atoms with Gasteiger partial charge >= 0.3 is 5.97 Å². The zero-order chi connectivity index (χ0) is 21.0. The first-order valence-corrected chi connectivity index (χ1v) is 11.2. The fourth-order valence-corrected chi connectivity index (χ4v) is 5.67. The van der Waals surface area contributed by atoms with Crippen LogP contribution in [-0.2, 0) is 17.6 Å². The summed E-state index contributed by atoms with van der Waals surface area (Å²) in [6.45, 7) is 4.12. The molecule has 1 aromatic rings. The lowest BCUT2D eigenvalue weighted by Gasteiger charge is -2.42. The SMILES string of the molecule is CCCCC[C@H](O)CC[C@H]1[C@H](O)CC2Cc3c(cccc3OCC(=O)O)C[C@@]21C. The molecule has 0 amide bonds. The Hall–Kier alpha value is -1.59. The van der Waals surface area contributed by atoms with E-state index < -0.39 is 5.97 Å². The van der Waals surface area contributed by atoms with Crippen molar-refractivity contribution in [3.05, 3.63) is 29.3 Å². The fourth-order valence-electron chi connectivity index (χ4n) is 5.67. The molecule has 1 fully saturated rings. The van der Waals surface area contributed by atoms with Crippen molar-refractivity contribution in [1.82, 2.24) is 0 Å². The van der Waals surface area contributed by atoms with Crippen molar-refractivity contribution >= 4 is 5.97 Å². The average molecular weight is 405 g/mol. The van der Waals surface area contributed by atoms with Crippen LogP contribution in [0, 0.1) is 17.3 Å². The Morgan fingerprint density at radius 2 is 2.10 bits per heavy atom. The number of carboxylic acids is 1. The lowest BCUT2D eigenvalue weighted by molar-refractivity contribution is -0.139. The third kappa shape index (κ3) is 4.95. The zero-order valence-corrected chi connectivity index (χ0v) is 17.8. The van der Waals surface area contributed by atoms with E-state index in [1.807, 2.05) is 12.1 Å². The van der Waals surface area contributed by atoms with Crippen LogP contribution in [0.2, 0.25) is 0 Å². The smallest absolute Gasteiger partial charge is 0.341 e. The number of carboxylic acid groups (broad SMARTS) is 1. The van der Waals surface area contributed by atoms with Crippen LogP contribution in [0.25, 0.3) is 0 Å². The molecule has 0 saturated heterocycles. The van der Waals surface area contributed by atoms with Gasteiger partial charge in [0.1, 0.15) is 5.75 Å². The van der Waals surface area contributed by atoms with E-state index in [1.54, 1.807) is 0 Å². The zero-order valence-electron chi connectivity index (χ0n) is 17.8. The van der Waals surface area contributed by atoms with E-state index >= 15 is 0 Å². The minimum atomic E-state index is -0.975. The van der Waals surface area contributed by atoms with Crippen molar-refractivity contribution in [2.45, 2.75) is 83.8 Å². The van der Waals surface area contributed by atoms with Gasteiger partial charge in [0.05, 0.1) is 12.2 Å². The monoisotopic (exact) mass is 404 g/mol. The normalized spacial score (nSPS) is 29.2. The molecule has 2 aliphatic rings. The Bertz CT molecular complexity index is 703. The molecule has 5 heteroatoms. The van der Waals surface area contributed by atoms with E-state index in [1.165, 1.54) is 5.56 Å². The van der Waals surface area contributed by atoms with Crippen LogP contribution in [-0.4, -0.2) is 40.1 Å². The summed E-state index contributed by atoms with van der Waals surface area (Å²) >= 11 is 0. The maximum atomic E-state index is 10.9. The van der Waals surface area contributed by atoms with Gasteiger partial charge in [0.2, 0.25) is 0 Å². The fraction of sp³-hybridized carbons (Fsp3) is 0.708. The number of unbranched alkanes of at least 4 members (excludes halogenated alkanes) is 2. The molecule has 5 nitrogen and oxygen atoms in total. The van der Waals surface area contributed by atoms with Crippen LogP contribution in [0.4, 0.5) is 0 Å². The van der Waals surface area contributed by atoms with Crippen molar-refractivity contribution in [2.24, 2.45) is 17.3 Å². The van der Waals surface area contributed by atoms with Gasteiger partial charge in [-0.25, -0.2) is 4.79 Å². The molecule has 0 bridgehead atoms. The van der Waals surface area contributed by atoms with Gasteiger partial charge in [-0.2, -0.15) is 0 Å². The topological polar surface area (TPSA) is 87.0 Å². The number of fused-ring (bicyclic) bond motifs is 2. The standard InChI is InChI=1S/C24H36O5/c1-3-4-5-8-18(25)10-11-20-21(26)13-17-12-19-16(14-24(17,20)2)7-6-9-22(19)29-15-23(27)28/h6-7,9,17-18,20-21,25-26H,3-5,8,10-15H2,1-2H3,(H,27,28)/t17?,18-,20-,21+,24-/m0/s1. The number of rotatable bonds is 10. The second kappa shape index (κ2) is 9.48. The van der Waals surface area contributed by atoms with Gasteiger partial charge in [-0.05, 0) is 73.0 Å². The first-order valence-electron chi connectivity index (χ1n) is 11.2. The third-order valence-electron chi connectivity index (χ3n) is 7.33. The van der Waals surface area contributed by atoms with E-state index in [-0.39, 0.29) is 30.1 Å². The highest BCUT2D eigenvalue weighted by Crippen LogP contribution is 2.56. The highest BCUT2D eigenvalue weighted by molar-refractivity contribution is 5.68. The minimum Gasteiger partial charge on any atom is -0.482 e. The maximum Gasteiger partial charge on any atom is 0.341 e. The number of carbonyl (C=O) groups is 1. The number of aliphatic hydroxyl groups excluding tert-OH is 2. The van der Waals surface area contributed by atoms with Gasteiger partial charge in [0, 0.05) is 0 Å². The first-order chi connectivity index (χ1) is 13.8. The number of hydrogen-bond acceptors (Lipinski definition) is 4. The Balaban J connectivity index is 1.69. The molecule has 3 N–H and O–H groups in total. The Morgan fingerprint density at radius 3 is 2.83 bits per heavy atom. The second-order valence-electron chi connectivity index (χ2n) is 9.30. The lowest BCUT2D eigenvalue weighted by Crippen LogP contribution is -2.38. The van der Waals surface area contributed by atoms with E-state index in [2.05, 4.69) is 19.9 Å². The number of hydrogen-bond donors (Lipinski definition) is 3. The average Bonchev–Trinajstić information content (AvgIpc) is 2.91. The summed E-state index contributed by atoms with van der Waals surface area (Å²) in [5.41, 5.74) is 2.30. The Kier molecular flexibility index (Phi) is 7.23. The van der Waals surface area contributed by atoms with Crippen molar-refractivity contribution in [3.8, 4) is 5.75 Å². The molecule has 1 unspecified atom stereocenters. The molecule has 0 aromatic heterocycles. The molecular formula is C24H36O5. The molecule has 1 aromatic carbocycles. The molecule has 0 heterocycles. The molecule has 0 spiro atoms. The molecule has 29 heavy (non-hydrogen) atoms. The number of ether oxygens (including phenoxy) is 1. The van der Waals surface area contributed by atoms with Crippen LogP contribution in [0.5, 0.6) is 5.75 Å². The predicted molar refractivity (Wildman–Crippen MR) is 112 cm³/mol. The largest absolute Gasteiger partial charge is 0.482 e. The van der Waals surface area contributed by atoms with Crippen molar-refractivity contribution in [2.75, 3.05) is 6.61 Å². The summed E-state index contributed by atoms with van der Waals surface area (Å²) in [5, 5.41) is 30.1. The van der Waals surface area contributed by atoms with Gasteiger partial charge in [-0.1, -0.05) is 45.2 Å². The molecule has 162 valence electrons. The van der Waals surface area contributed by atoms with Crippen LogP contribution >= 0.6 is 0 Å². The highest BCUT2D eigenvalue weighted by Gasteiger charge is 2.53. The van der Waals surface area contributed by atoms with Crippen LogP contribution in [0.3, 0.4) is 0 Å². The minimum absolute atomic E-state index is 0.000969. The number of aliphatic carboxylic acids is 1. The van der Waals surface area contributed by atoms with E-state index in [0.29, 0.717) is 11.7 Å². The Morgan fingerprint density at radius 1 is 1.31 bits per heavy atom. The lowest BCUT2D eigenvalue weighted by atomic mass is 9.62. The van der Waals surface area contributed by atoms with Gasteiger partial charge < -0.3 is 20.1 Å². The van der Waals surface area contributed by atoms with E-state index in [9.17, 15) is 15.0 Å². The van der Waals surface area contributed by atoms with Gasteiger partial charge in [0.15, 0.2) is 6.61 Å². The van der Waals surface area contributed by atoms with Crippen LogP contribution < -0.4 is 4.74 Å². The molecule has 2 aliphatic carbocycles. The molecule has 3 rings (SSSR count). The summed E-state index contributed by atoms with van der Waals surface area (Å²) in [6, 6.07) is 5.88. The molecule has 0 aliphatic heterocycles. The third-order valence-corrected chi connectivity index (χ3v) is 7.33. The van der Waals surface area contributed by atoms with Gasteiger partial charge in [-0.3, -0.25) is 0 Å². The number of benzene rings is 1. The first kappa shape index (κ1) is 22.1. The van der Waals surface area contributed by atoms with Crippen LogP contribution in [0.15, 0.2) is 18.2 Å². The summed E-state index contributed by atoms with van der Waals surface area (Å²) < 4.78 is 5.53. The van der Waals surface area contributed by atoms with E-state index in [4.69, 9.17) is 9.84 Å². The van der Waals surface area contributed by atoms with E-state index in [0.717, 1.165) is 63.4 Å². The second-order valence-corrected chi connectivity index (χ2v) is 9.30. The van der Waals surface area contributed by atoms with Gasteiger partial charge in [-0.15, -0.1) is 0 Å².